The van der Waals surface area contributed by atoms with Crippen LogP contribution in [0.25, 0.3) is 0 Å². The van der Waals surface area contributed by atoms with Gasteiger partial charge in [-0.15, -0.1) is 0 Å². The number of nitrogens with one attached hydrogen (secondary N) is 1. The van der Waals surface area contributed by atoms with Crippen molar-refractivity contribution in [3.63, 3.8) is 0 Å². The highest BCUT2D eigenvalue weighted by Gasteiger charge is 2.33. The van der Waals surface area contributed by atoms with Crippen LogP contribution in [0.4, 0.5) is 4.79 Å². The van der Waals surface area contributed by atoms with E-state index in [9.17, 15) is 9.90 Å². The van der Waals surface area contributed by atoms with E-state index in [0.29, 0.717) is 6.42 Å². The molecule has 0 radical (unpaired) electrons. The molecule has 0 spiro atoms. The molecule has 0 fully saturated rings. The van der Waals surface area contributed by atoms with Crippen molar-refractivity contribution in [3.05, 3.63) is 0 Å². The summed E-state index contributed by atoms with van der Waals surface area (Å²) in [6, 6.07) is -0.0514. The first-order chi connectivity index (χ1) is 8.27. The second-order valence-electron chi connectivity index (χ2n) is 8.09. The molecule has 0 aliphatic carbocycles. The van der Waals surface area contributed by atoms with Crippen LogP contribution in [-0.4, -0.2) is 29.4 Å². The van der Waals surface area contributed by atoms with Crippen molar-refractivity contribution in [1.82, 2.24) is 5.32 Å². The average Bonchev–Trinajstić information content (AvgIpc) is 2.11. The number of carbonyl (C=O) groups is 1. The van der Waals surface area contributed by atoms with E-state index in [1.807, 2.05) is 34.6 Å². The van der Waals surface area contributed by atoms with E-state index < -0.39 is 11.7 Å². The summed E-state index contributed by atoms with van der Waals surface area (Å²) in [4.78, 5) is 11.9. The lowest BCUT2D eigenvalue weighted by Gasteiger charge is -2.37. The number of hydrogen-bond acceptors (Lipinski definition) is 3. The lowest BCUT2D eigenvalue weighted by atomic mass is 9.76. The Bertz CT molecular complexity index is 297. The van der Waals surface area contributed by atoms with Gasteiger partial charge in [0.2, 0.25) is 0 Å². The number of carbonyl (C=O) groups excluding carboxylic acids is 1. The summed E-state index contributed by atoms with van der Waals surface area (Å²) in [6.07, 6.45) is 0.299. The second kappa shape index (κ2) is 6.12. The SMILES string of the molecule is CC(C)(CO)CC(NC(=O)OC(C)(C)C)C(C)(C)C. The number of aliphatic hydroxyl groups is 1. The summed E-state index contributed by atoms with van der Waals surface area (Å²) < 4.78 is 5.30. The maximum atomic E-state index is 11.9. The van der Waals surface area contributed by atoms with Crippen LogP contribution < -0.4 is 5.32 Å². The Labute approximate surface area is 117 Å². The zero-order valence-electron chi connectivity index (χ0n) is 13.8. The van der Waals surface area contributed by atoms with Crippen LogP contribution in [0.1, 0.15) is 61.8 Å². The largest absolute Gasteiger partial charge is 0.444 e. The maximum Gasteiger partial charge on any atom is 0.407 e. The van der Waals surface area contributed by atoms with Crippen molar-refractivity contribution in [2.75, 3.05) is 6.61 Å². The minimum Gasteiger partial charge on any atom is -0.444 e. The number of hydrogen-bond donors (Lipinski definition) is 2. The number of aliphatic hydroxyl groups excluding tert-OH is 1. The molecule has 4 heteroatoms. The van der Waals surface area contributed by atoms with Crippen LogP contribution >= 0.6 is 0 Å². The Balaban J connectivity index is 4.77. The van der Waals surface area contributed by atoms with Gasteiger partial charge >= 0.3 is 6.09 Å². The van der Waals surface area contributed by atoms with E-state index in [4.69, 9.17) is 4.74 Å². The molecule has 0 heterocycles. The maximum absolute atomic E-state index is 11.9. The monoisotopic (exact) mass is 273 g/mol. The first-order valence-corrected chi connectivity index (χ1v) is 6.87. The molecule has 0 aromatic carbocycles. The van der Waals surface area contributed by atoms with Crippen LogP contribution in [0.3, 0.4) is 0 Å². The topological polar surface area (TPSA) is 58.6 Å². The van der Waals surface area contributed by atoms with E-state index >= 15 is 0 Å². The molecule has 0 aliphatic rings. The molecule has 4 nitrogen and oxygen atoms in total. The van der Waals surface area contributed by atoms with Gasteiger partial charge in [0.15, 0.2) is 0 Å². The molecule has 0 rings (SSSR count). The molecule has 1 atom stereocenters. The number of amides is 1. The van der Waals surface area contributed by atoms with E-state index in [1.54, 1.807) is 0 Å². The normalized spacial score (nSPS) is 15.0. The van der Waals surface area contributed by atoms with Crippen molar-refractivity contribution in [1.29, 1.82) is 0 Å². The third kappa shape index (κ3) is 8.09. The van der Waals surface area contributed by atoms with E-state index in [2.05, 4.69) is 26.1 Å². The summed E-state index contributed by atoms with van der Waals surface area (Å²) in [6.45, 7) is 15.8. The van der Waals surface area contributed by atoms with Crippen LogP contribution in [0.15, 0.2) is 0 Å². The van der Waals surface area contributed by atoms with Crippen molar-refractivity contribution >= 4 is 6.09 Å². The standard InChI is InChI=1S/C15H31NO3/c1-13(2,3)11(9-15(7,8)10-17)16-12(18)19-14(4,5)6/h11,17H,9-10H2,1-8H3,(H,16,18). The molecule has 1 amide bonds. The van der Waals surface area contributed by atoms with Gasteiger partial charge in [0, 0.05) is 12.6 Å². The quantitative estimate of drug-likeness (QED) is 0.826. The van der Waals surface area contributed by atoms with Gasteiger partial charge in [-0.3, -0.25) is 0 Å². The van der Waals surface area contributed by atoms with Crippen molar-refractivity contribution in [2.45, 2.75) is 73.5 Å². The number of ether oxygens (including phenoxy) is 1. The Hall–Kier alpha value is -0.770. The lowest BCUT2D eigenvalue weighted by Crippen LogP contribution is -2.48. The zero-order valence-corrected chi connectivity index (χ0v) is 13.8. The highest BCUT2D eigenvalue weighted by atomic mass is 16.6. The lowest BCUT2D eigenvalue weighted by molar-refractivity contribution is 0.0407. The van der Waals surface area contributed by atoms with E-state index in [-0.39, 0.29) is 23.5 Å². The van der Waals surface area contributed by atoms with Gasteiger partial charge in [0.25, 0.3) is 0 Å². The Morgan fingerprint density at radius 1 is 1.11 bits per heavy atom. The van der Waals surface area contributed by atoms with E-state index in [1.165, 1.54) is 0 Å². The third-order valence-electron chi connectivity index (χ3n) is 2.92. The van der Waals surface area contributed by atoms with Gasteiger partial charge in [-0.2, -0.15) is 0 Å². The fourth-order valence-corrected chi connectivity index (χ4v) is 1.64. The van der Waals surface area contributed by atoms with Crippen LogP contribution in [0.5, 0.6) is 0 Å². The summed E-state index contributed by atoms with van der Waals surface area (Å²) in [7, 11) is 0. The minimum atomic E-state index is -0.501. The second-order valence-corrected chi connectivity index (χ2v) is 8.09. The molecular weight excluding hydrogens is 242 g/mol. The average molecular weight is 273 g/mol. The van der Waals surface area contributed by atoms with Gasteiger partial charge in [0.1, 0.15) is 5.60 Å². The molecule has 0 aromatic heterocycles. The van der Waals surface area contributed by atoms with Gasteiger partial charge in [0.05, 0.1) is 0 Å². The van der Waals surface area contributed by atoms with Crippen molar-refractivity contribution < 1.29 is 14.6 Å². The molecule has 0 bridgehead atoms. The predicted octanol–water partition coefficient (Wildman–Crippen LogP) is 3.33. The van der Waals surface area contributed by atoms with Crippen molar-refractivity contribution in [2.24, 2.45) is 10.8 Å². The summed E-state index contributed by atoms with van der Waals surface area (Å²) in [5, 5.41) is 12.3. The molecule has 0 saturated heterocycles. The minimum absolute atomic E-state index is 0.0514. The Morgan fingerprint density at radius 3 is 1.89 bits per heavy atom. The van der Waals surface area contributed by atoms with Gasteiger partial charge < -0.3 is 15.2 Å². The first-order valence-electron chi connectivity index (χ1n) is 6.87. The number of alkyl carbamates (subject to hydrolysis) is 1. The fraction of sp³-hybridized carbons (Fsp3) is 0.933. The molecule has 114 valence electrons. The van der Waals surface area contributed by atoms with Crippen LogP contribution in [0, 0.1) is 10.8 Å². The third-order valence-corrected chi connectivity index (χ3v) is 2.92. The van der Waals surface area contributed by atoms with Crippen molar-refractivity contribution in [3.8, 4) is 0 Å². The molecule has 0 saturated carbocycles. The van der Waals surface area contributed by atoms with Crippen LogP contribution in [0.2, 0.25) is 0 Å². The number of rotatable bonds is 4. The van der Waals surface area contributed by atoms with Gasteiger partial charge in [-0.05, 0) is 38.0 Å². The van der Waals surface area contributed by atoms with Gasteiger partial charge in [-0.25, -0.2) is 4.79 Å². The first kappa shape index (κ1) is 18.2. The molecule has 1 unspecified atom stereocenters. The fourth-order valence-electron chi connectivity index (χ4n) is 1.64. The molecular formula is C15H31NO3. The molecule has 2 N–H and O–H groups in total. The summed E-state index contributed by atoms with van der Waals surface area (Å²) >= 11 is 0. The van der Waals surface area contributed by atoms with Crippen LogP contribution in [-0.2, 0) is 4.74 Å². The van der Waals surface area contributed by atoms with E-state index in [0.717, 1.165) is 0 Å². The Morgan fingerprint density at radius 2 is 1.58 bits per heavy atom. The zero-order chi connectivity index (χ0) is 15.5. The predicted molar refractivity (Wildman–Crippen MR) is 78.1 cm³/mol. The summed E-state index contributed by atoms with van der Waals surface area (Å²) in [5.74, 6) is 0. The summed E-state index contributed by atoms with van der Waals surface area (Å²) in [5.41, 5.74) is -0.824. The highest BCUT2D eigenvalue weighted by Crippen LogP contribution is 2.30. The van der Waals surface area contributed by atoms with Gasteiger partial charge in [-0.1, -0.05) is 34.6 Å². The smallest absolute Gasteiger partial charge is 0.407 e. The molecule has 0 aliphatic heterocycles. The highest BCUT2D eigenvalue weighted by molar-refractivity contribution is 5.68. The Kier molecular flexibility index (Phi) is 5.87. The molecule has 19 heavy (non-hydrogen) atoms. The molecule has 0 aromatic rings.